The number of hydrogen-bond donors (Lipinski definition) is 4. The third kappa shape index (κ3) is 8.19. The monoisotopic (exact) mass is 864 g/mol. The Morgan fingerprint density at radius 2 is 1.13 bits per heavy atom. The number of fused-ring (bicyclic) bond motifs is 2. The van der Waals surface area contributed by atoms with Crippen molar-refractivity contribution in [2.45, 2.75) is 25.7 Å². The second-order valence-corrected chi connectivity index (χ2v) is 14.2. The summed E-state index contributed by atoms with van der Waals surface area (Å²) in [7, 11) is 9.09. The zero-order valence-electron chi connectivity index (χ0n) is 35.2. The number of anilines is 2. The van der Waals surface area contributed by atoms with Crippen LogP contribution in [0.15, 0.2) is 55.9 Å². The van der Waals surface area contributed by atoms with Gasteiger partial charge in [-0.1, -0.05) is 13.2 Å². The van der Waals surface area contributed by atoms with Gasteiger partial charge in [0.2, 0.25) is 11.8 Å². The summed E-state index contributed by atoms with van der Waals surface area (Å²) in [4.78, 5) is 23.6. The number of nitrogens with zero attached hydrogens (tertiary/aromatic N) is 6. The van der Waals surface area contributed by atoms with Crippen LogP contribution >= 0.6 is 0 Å². The largest absolute Gasteiger partial charge is 0.497 e. The molecule has 0 fully saturated rings. The maximum atomic E-state index is 15.0. The Balaban J connectivity index is 0.000000189. The van der Waals surface area contributed by atoms with E-state index in [0.717, 1.165) is 28.5 Å². The van der Waals surface area contributed by atoms with Gasteiger partial charge in [0, 0.05) is 42.9 Å². The molecule has 6 aromatic rings. The van der Waals surface area contributed by atoms with Crippen LogP contribution in [0.1, 0.15) is 46.5 Å². The van der Waals surface area contributed by atoms with E-state index >= 15 is 0 Å². The predicted octanol–water partition coefficient (Wildman–Crippen LogP) is 7.29. The van der Waals surface area contributed by atoms with Gasteiger partial charge in [-0.15, -0.1) is 0 Å². The molecule has 2 amide bonds. The molecule has 0 saturated carbocycles. The third-order valence-electron chi connectivity index (χ3n) is 10.6. The van der Waals surface area contributed by atoms with Crippen LogP contribution in [-0.4, -0.2) is 80.2 Å². The van der Waals surface area contributed by atoms with E-state index in [-0.39, 0.29) is 34.6 Å². The third-order valence-corrected chi connectivity index (χ3v) is 10.6. The molecule has 0 atom stereocenters. The molecule has 2 aromatic carbocycles. The molecule has 0 bridgehead atoms. The number of aromatic amines is 2. The molecule has 0 unspecified atom stereocenters. The highest BCUT2D eigenvalue weighted by Gasteiger charge is 2.29. The molecule has 4 N–H and O–H groups in total. The maximum absolute atomic E-state index is 15.0. The summed E-state index contributed by atoms with van der Waals surface area (Å²) in [5.41, 5.74) is 8.30. The number of halogens is 3. The first-order chi connectivity index (χ1) is 30.3. The lowest BCUT2D eigenvalue weighted by molar-refractivity contribution is -0.112. The molecule has 2 aliphatic rings. The van der Waals surface area contributed by atoms with Crippen LogP contribution in [0.3, 0.4) is 0 Å². The quantitative estimate of drug-likeness (QED) is 0.0910. The van der Waals surface area contributed by atoms with Crippen LogP contribution in [0.5, 0.6) is 23.0 Å². The van der Waals surface area contributed by atoms with Gasteiger partial charge in [-0.2, -0.15) is 20.4 Å². The zero-order chi connectivity index (χ0) is 45.1. The normalized spacial score (nSPS) is 12.7. The summed E-state index contributed by atoms with van der Waals surface area (Å²) in [5.74, 6) is -2.28. The Labute approximate surface area is 359 Å². The summed E-state index contributed by atoms with van der Waals surface area (Å²) in [6, 6.07) is 4.36. The molecule has 2 aliphatic carbocycles. The summed E-state index contributed by atoms with van der Waals surface area (Å²) in [6.45, 7) is 6.93. The number of nitrogens with one attached hydrogen (secondary N) is 4. The number of amides is 2. The Morgan fingerprint density at radius 1 is 0.667 bits per heavy atom. The number of hydrogen-bond acceptors (Lipinski definition) is 10. The lowest BCUT2D eigenvalue weighted by atomic mass is 9.89. The Bertz CT molecular complexity index is 2820. The van der Waals surface area contributed by atoms with Crippen molar-refractivity contribution in [1.29, 1.82) is 0 Å². The van der Waals surface area contributed by atoms with E-state index in [0.29, 0.717) is 82.4 Å². The highest BCUT2D eigenvalue weighted by Crippen LogP contribution is 2.43. The van der Waals surface area contributed by atoms with E-state index in [2.05, 4.69) is 54.4 Å². The molecule has 4 heterocycles. The van der Waals surface area contributed by atoms with Crippen LogP contribution < -0.4 is 29.6 Å². The summed E-state index contributed by atoms with van der Waals surface area (Å²) in [6.07, 6.45) is 11.0. The second kappa shape index (κ2) is 18.0. The lowest BCUT2D eigenvalue weighted by Crippen LogP contribution is -2.09. The van der Waals surface area contributed by atoms with Gasteiger partial charge in [0.1, 0.15) is 28.5 Å². The first-order valence-electron chi connectivity index (χ1n) is 19.3. The second-order valence-electron chi connectivity index (χ2n) is 14.2. The minimum absolute atomic E-state index is 0.104. The molecular weight excluding hydrogens is 822 g/mol. The zero-order valence-corrected chi connectivity index (χ0v) is 35.2. The molecule has 0 aliphatic heterocycles. The number of carbonyl (C=O) groups excluding carboxylic acids is 2. The molecule has 19 heteroatoms. The van der Waals surface area contributed by atoms with Crippen LogP contribution in [0.4, 0.5) is 24.5 Å². The number of carbonyl (C=O) groups is 2. The molecule has 63 heavy (non-hydrogen) atoms. The van der Waals surface area contributed by atoms with Crippen molar-refractivity contribution in [1.82, 2.24) is 40.0 Å². The fourth-order valence-electron chi connectivity index (χ4n) is 7.54. The van der Waals surface area contributed by atoms with Crippen molar-refractivity contribution in [3.8, 4) is 45.8 Å². The van der Waals surface area contributed by atoms with Crippen LogP contribution in [0.2, 0.25) is 0 Å². The summed E-state index contributed by atoms with van der Waals surface area (Å²) >= 11 is 0. The number of benzene rings is 2. The molecule has 4 aromatic heterocycles. The standard InChI is InChI=1S/C22H21F2N5O3.C22H22FN5O3/c1-5-17(30)26-14-10-25-29(2)22(14)21-12-7-6-11(8-13(12)27-28-21)18-19(23)15(31-3)9-16(32-4)20(18)24;1-5-19(29)25-17-11-24-28(2)22(17)21-14-7-6-12(8-16(14)26-27-21)15-9-13(30-3)10-18(31-4)20(15)23/h5,8-10H,1,6-7H2,2-4H3,(H,26,30)(H,27,28);5,8-11H,1,6-7H2,2-4H3,(H,25,29)(H,26,27). The van der Waals surface area contributed by atoms with Gasteiger partial charge >= 0.3 is 0 Å². The average molecular weight is 865 g/mol. The van der Waals surface area contributed by atoms with E-state index in [4.69, 9.17) is 18.9 Å². The fourth-order valence-corrected chi connectivity index (χ4v) is 7.54. The van der Waals surface area contributed by atoms with Gasteiger partial charge in [0.15, 0.2) is 34.7 Å². The van der Waals surface area contributed by atoms with E-state index < -0.39 is 17.5 Å². The number of aromatic nitrogens is 8. The van der Waals surface area contributed by atoms with Crippen molar-refractivity contribution in [2.75, 3.05) is 39.1 Å². The Morgan fingerprint density at radius 3 is 1.59 bits per heavy atom. The van der Waals surface area contributed by atoms with Gasteiger partial charge < -0.3 is 29.6 Å². The van der Waals surface area contributed by atoms with E-state index in [1.807, 2.05) is 6.08 Å². The van der Waals surface area contributed by atoms with E-state index in [9.17, 15) is 22.8 Å². The van der Waals surface area contributed by atoms with Gasteiger partial charge in [-0.05, 0) is 67.2 Å². The molecule has 0 spiro atoms. The van der Waals surface area contributed by atoms with E-state index in [1.165, 1.54) is 52.8 Å². The van der Waals surface area contributed by atoms with Gasteiger partial charge in [-0.25, -0.2) is 13.2 Å². The average Bonchev–Trinajstić information content (AvgIpc) is 4.08. The number of methoxy groups -OCH3 is 4. The first kappa shape index (κ1) is 43.3. The number of allylic oxidation sites excluding steroid dienone is 2. The molecule has 326 valence electrons. The molecule has 0 radical (unpaired) electrons. The molecule has 0 saturated heterocycles. The van der Waals surface area contributed by atoms with Gasteiger partial charge in [0.05, 0.1) is 69.2 Å². The van der Waals surface area contributed by atoms with Gasteiger partial charge in [-0.3, -0.25) is 29.2 Å². The predicted molar refractivity (Wildman–Crippen MR) is 231 cm³/mol. The van der Waals surface area contributed by atoms with Crippen molar-refractivity contribution in [3.05, 3.63) is 107 Å². The minimum atomic E-state index is -0.790. The smallest absolute Gasteiger partial charge is 0.247 e. The fraction of sp³-hybridized carbons (Fsp3) is 0.227. The maximum Gasteiger partial charge on any atom is 0.247 e. The highest BCUT2D eigenvalue weighted by molar-refractivity contribution is 6.02. The van der Waals surface area contributed by atoms with Gasteiger partial charge in [0.25, 0.3) is 0 Å². The van der Waals surface area contributed by atoms with Crippen molar-refractivity contribution in [2.24, 2.45) is 14.1 Å². The SMILES string of the molecule is C=CC(=O)Nc1cnn(C)c1-c1n[nH]c2c1CCC(c1c(F)c(OC)cc(OC)c1F)=C2.C=CC(=O)Nc1cnn(C)c1-c1n[nH]c2c1CCC(c1cc(OC)cc(OC)c1F)=C2. The Kier molecular flexibility index (Phi) is 12.4. The van der Waals surface area contributed by atoms with Crippen molar-refractivity contribution < 1.29 is 41.7 Å². The first-order valence-corrected chi connectivity index (χ1v) is 19.3. The molecular formula is C44H43F3N10O6. The molecule has 16 nitrogen and oxygen atoms in total. The number of aryl methyl sites for hydroxylation is 2. The minimum Gasteiger partial charge on any atom is -0.497 e. The van der Waals surface area contributed by atoms with E-state index in [1.54, 1.807) is 41.8 Å². The lowest BCUT2D eigenvalue weighted by Gasteiger charge is -2.18. The number of rotatable bonds is 12. The van der Waals surface area contributed by atoms with Crippen LogP contribution in [0.25, 0.3) is 46.1 Å². The summed E-state index contributed by atoms with van der Waals surface area (Å²) < 4.78 is 68.6. The highest BCUT2D eigenvalue weighted by atomic mass is 19.1. The Hall–Kier alpha value is -7.83. The number of ether oxygens (including phenoxy) is 4. The molecule has 8 rings (SSSR count). The van der Waals surface area contributed by atoms with Crippen molar-refractivity contribution >= 4 is 46.5 Å². The number of H-pyrrole nitrogens is 2. The topological polar surface area (TPSA) is 188 Å². The van der Waals surface area contributed by atoms with Crippen molar-refractivity contribution in [3.63, 3.8) is 0 Å². The van der Waals surface area contributed by atoms with Crippen LogP contribution in [0, 0.1) is 17.5 Å². The summed E-state index contributed by atoms with van der Waals surface area (Å²) in [5, 5.41) is 28.7. The van der Waals surface area contributed by atoms with Crippen LogP contribution in [-0.2, 0) is 36.5 Å².